The summed E-state index contributed by atoms with van der Waals surface area (Å²) in [6, 6.07) is 0.00855. The van der Waals surface area contributed by atoms with Crippen LogP contribution in [0.15, 0.2) is 0 Å². The topological polar surface area (TPSA) is 53.6 Å². The highest BCUT2D eigenvalue weighted by Gasteiger charge is 2.29. The number of hydrogen-bond acceptors (Lipinski definition) is 4. The van der Waals surface area contributed by atoms with Gasteiger partial charge in [-0.1, -0.05) is 6.42 Å². The molecule has 2 heterocycles. The lowest BCUT2D eigenvalue weighted by Gasteiger charge is -2.41. The molecular formula is C14H27N3O2. The Labute approximate surface area is 116 Å². The molecule has 19 heavy (non-hydrogen) atoms. The largest absolute Gasteiger partial charge is 0.379 e. The summed E-state index contributed by atoms with van der Waals surface area (Å²) in [7, 11) is 0. The molecular weight excluding hydrogens is 242 g/mol. The van der Waals surface area contributed by atoms with Crippen LogP contribution >= 0.6 is 0 Å². The second-order valence-electron chi connectivity index (χ2n) is 6.13. The van der Waals surface area contributed by atoms with E-state index in [4.69, 9.17) is 4.74 Å². The first kappa shape index (κ1) is 14.8. The molecule has 0 aromatic heterocycles. The van der Waals surface area contributed by atoms with Crippen molar-refractivity contribution >= 4 is 5.91 Å². The van der Waals surface area contributed by atoms with Gasteiger partial charge in [0, 0.05) is 25.2 Å². The number of ether oxygens (including phenoxy) is 1. The van der Waals surface area contributed by atoms with Crippen molar-refractivity contribution in [2.45, 2.75) is 44.7 Å². The van der Waals surface area contributed by atoms with E-state index >= 15 is 0 Å². The fourth-order valence-corrected chi connectivity index (χ4v) is 2.78. The molecule has 5 nitrogen and oxygen atoms in total. The molecule has 0 aliphatic carbocycles. The molecule has 2 saturated heterocycles. The Kier molecular flexibility index (Phi) is 5.19. The summed E-state index contributed by atoms with van der Waals surface area (Å²) in [6.07, 6.45) is 3.30. The van der Waals surface area contributed by atoms with Gasteiger partial charge in [-0.3, -0.25) is 9.69 Å². The summed E-state index contributed by atoms with van der Waals surface area (Å²) in [5.41, 5.74) is -0.00585. The molecule has 0 saturated carbocycles. The van der Waals surface area contributed by atoms with Crippen LogP contribution < -0.4 is 10.6 Å². The smallest absolute Gasteiger partial charge is 0.237 e. The van der Waals surface area contributed by atoms with Crippen molar-refractivity contribution in [2.75, 3.05) is 39.4 Å². The van der Waals surface area contributed by atoms with Gasteiger partial charge in [-0.15, -0.1) is 0 Å². The van der Waals surface area contributed by atoms with E-state index in [-0.39, 0.29) is 17.5 Å². The summed E-state index contributed by atoms with van der Waals surface area (Å²) >= 11 is 0. The summed E-state index contributed by atoms with van der Waals surface area (Å²) in [5, 5.41) is 6.40. The molecule has 2 aliphatic heterocycles. The first-order valence-electron chi connectivity index (χ1n) is 7.43. The Morgan fingerprint density at radius 2 is 2.11 bits per heavy atom. The second kappa shape index (κ2) is 6.68. The first-order valence-corrected chi connectivity index (χ1v) is 7.43. The molecule has 0 bridgehead atoms. The molecule has 0 radical (unpaired) electrons. The summed E-state index contributed by atoms with van der Waals surface area (Å²) in [6.45, 7) is 9.52. The maximum Gasteiger partial charge on any atom is 0.237 e. The van der Waals surface area contributed by atoms with Crippen LogP contribution in [0.3, 0.4) is 0 Å². The third-order valence-corrected chi connectivity index (χ3v) is 4.19. The van der Waals surface area contributed by atoms with Crippen molar-refractivity contribution in [1.82, 2.24) is 15.5 Å². The van der Waals surface area contributed by atoms with E-state index in [1.165, 1.54) is 6.42 Å². The number of nitrogens with one attached hydrogen (secondary N) is 2. The van der Waals surface area contributed by atoms with Crippen molar-refractivity contribution in [1.29, 1.82) is 0 Å². The molecule has 0 aromatic carbocycles. The third kappa shape index (κ3) is 4.16. The normalized spacial score (nSPS) is 26.1. The number of carbonyl (C=O) groups is 1. The minimum atomic E-state index is -0.00585. The van der Waals surface area contributed by atoms with Crippen LogP contribution in [0, 0.1) is 0 Å². The Morgan fingerprint density at radius 1 is 1.37 bits per heavy atom. The van der Waals surface area contributed by atoms with Gasteiger partial charge in [-0.25, -0.2) is 0 Å². The molecule has 1 amide bonds. The zero-order chi connectivity index (χ0) is 13.7. The molecule has 0 spiro atoms. The van der Waals surface area contributed by atoms with E-state index in [0.29, 0.717) is 6.54 Å². The van der Waals surface area contributed by atoms with Crippen LogP contribution in [-0.4, -0.2) is 61.8 Å². The molecule has 2 fully saturated rings. The zero-order valence-electron chi connectivity index (χ0n) is 12.2. The monoisotopic (exact) mass is 269 g/mol. The number of rotatable bonds is 4. The van der Waals surface area contributed by atoms with Gasteiger partial charge in [0.05, 0.1) is 19.3 Å². The summed E-state index contributed by atoms with van der Waals surface area (Å²) in [4.78, 5) is 14.5. The number of carbonyl (C=O) groups excluding carboxylic acids is 1. The molecule has 2 rings (SSSR count). The maximum atomic E-state index is 12.1. The maximum absolute atomic E-state index is 12.1. The van der Waals surface area contributed by atoms with Gasteiger partial charge in [-0.05, 0) is 33.2 Å². The SMILES string of the molecule is CC(C)(CNC(=O)[C@@H]1CCCCN1)N1CCOCC1. The van der Waals surface area contributed by atoms with Crippen LogP contribution in [0.4, 0.5) is 0 Å². The molecule has 1 atom stereocenters. The number of nitrogens with zero attached hydrogens (tertiary/aromatic N) is 1. The van der Waals surface area contributed by atoms with E-state index in [2.05, 4.69) is 29.4 Å². The van der Waals surface area contributed by atoms with E-state index < -0.39 is 0 Å². The minimum absolute atomic E-state index is 0.00585. The predicted octanol–water partition coefficient (Wildman–Crippen LogP) is 0.356. The second-order valence-corrected chi connectivity index (χ2v) is 6.13. The van der Waals surface area contributed by atoms with Gasteiger partial charge in [0.2, 0.25) is 5.91 Å². The van der Waals surface area contributed by atoms with Gasteiger partial charge in [0.15, 0.2) is 0 Å². The van der Waals surface area contributed by atoms with Gasteiger partial charge < -0.3 is 15.4 Å². The van der Waals surface area contributed by atoms with Crippen molar-refractivity contribution in [3.8, 4) is 0 Å². The molecule has 5 heteroatoms. The Morgan fingerprint density at radius 3 is 2.74 bits per heavy atom. The Balaban J connectivity index is 1.77. The Bertz CT molecular complexity index is 295. The van der Waals surface area contributed by atoms with Crippen LogP contribution in [0.25, 0.3) is 0 Å². The standard InChI is InChI=1S/C14H27N3O2/c1-14(2,17-7-9-19-10-8-17)11-16-13(18)12-5-3-4-6-15-12/h12,15H,3-11H2,1-2H3,(H,16,18)/t12-/m0/s1. The fourth-order valence-electron chi connectivity index (χ4n) is 2.78. The predicted molar refractivity (Wildman–Crippen MR) is 75.1 cm³/mol. The number of morpholine rings is 1. The van der Waals surface area contributed by atoms with Gasteiger partial charge in [0.25, 0.3) is 0 Å². The summed E-state index contributed by atoms with van der Waals surface area (Å²) in [5.74, 6) is 0.154. The van der Waals surface area contributed by atoms with E-state index in [1.807, 2.05) is 0 Å². The average Bonchev–Trinajstić information content (AvgIpc) is 2.47. The molecule has 2 N–H and O–H groups in total. The molecule has 110 valence electrons. The minimum Gasteiger partial charge on any atom is -0.379 e. The van der Waals surface area contributed by atoms with E-state index in [0.717, 1.165) is 45.7 Å². The lowest BCUT2D eigenvalue weighted by molar-refractivity contribution is -0.124. The van der Waals surface area contributed by atoms with E-state index in [1.54, 1.807) is 0 Å². The quantitative estimate of drug-likeness (QED) is 0.773. The first-order chi connectivity index (χ1) is 9.09. The fraction of sp³-hybridized carbons (Fsp3) is 0.929. The lowest BCUT2D eigenvalue weighted by Crippen LogP contribution is -2.57. The molecule has 0 aromatic rings. The van der Waals surface area contributed by atoms with Crippen molar-refractivity contribution < 1.29 is 9.53 Å². The van der Waals surface area contributed by atoms with Crippen LogP contribution in [-0.2, 0) is 9.53 Å². The van der Waals surface area contributed by atoms with Gasteiger partial charge in [0.1, 0.15) is 0 Å². The number of hydrogen-bond donors (Lipinski definition) is 2. The van der Waals surface area contributed by atoms with Crippen LogP contribution in [0.2, 0.25) is 0 Å². The highest BCUT2D eigenvalue weighted by atomic mass is 16.5. The summed E-state index contributed by atoms with van der Waals surface area (Å²) < 4.78 is 5.38. The van der Waals surface area contributed by atoms with Crippen molar-refractivity contribution in [3.05, 3.63) is 0 Å². The molecule has 2 aliphatic rings. The number of piperidine rings is 1. The van der Waals surface area contributed by atoms with Crippen molar-refractivity contribution in [2.24, 2.45) is 0 Å². The average molecular weight is 269 g/mol. The zero-order valence-corrected chi connectivity index (χ0v) is 12.2. The Hall–Kier alpha value is -0.650. The number of amides is 1. The lowest BCUT2D eigenvalue weighted by atomic mass is 10.0. The van der Waals surface area contributed by atoms with Gasteiger partial charge >= 0.3 is 0 Å². The third-order valence-electron chi connectivity index (χ3n) is 4.19. The highest BCUT2D eigenvalue weighted by Crippen LogP contribution is 2.15. The van der Waals surface area contributed by atoms with Gasteiger partial charge in [-0.2, -0.15) is 0 Å². The van der Waals surface area contributed by atoms with Crippen LogP contribution in [0.5, 0.6) is 0 Å². The highest BCUT2D eigenvalue weighted by molar-refractivity contribution is 5.81. The van der Waals surface area contributed by atoms with Crippen molar-refractivity contribution in [3.63, 3.8) is 0 Å². The molecule has 0 unspecified atom stereocenters. The van der Waals surface area contributed by atoms with E-state index in [9.17, 15) is 4.79 Å². The van der Waals surface area contributed by atoms with Crippen LogP contribution in [0.1, 0.15) is 33.1 Å².